The number of benzene rings is 3. The Hall–Kier alpha value is -1.63. The van der Waals surface area contributed by atoms with Gasteiger partial charge in [0.05, 0.1) is 23.5 Å². The predicted molar refractivity (Wildman–Crippen MR) is 421 cm³/mol. The second-order valence-electron chi connectivity index (χ2n) is 30.2. The number of halogens is 4. The van der Waals surface area contributed by atoms with Crippen LogP contribution in [0.25, 0.3) is 44.3 Å². The van der Waals surface area contributed by atoms with E-state index in [0.29, 0.717) is 22.3 Å². The molecule has 0 aliphatic heterocycles. The van der Waals surface area contributed by atoms with E-state index >= 15 is 8.78 Å². The van der Waals surface area contributed by atoms with Gasteiger partial charge in [0, 0.05) is 52.3 Å². The van der Waals surface area contributed by atoms with Gasteiger partial charge in [-0.05, 0) is 87.5 Å². The van der Waals surface area contributed by atoms with E-state index in [1.807, 2.05) is 0 Å². The van der Waals surface area contributed by atoms with Gasteiger partial charge in [0.2, 0.25) is 0 Å². The zero-order chi connectivity index (χ0) is 66.3. The number of hydrogen-bond donors (Lipinski definition) is 0. The lowest BCUT2D eigenvalue weighted by Crippen LogP contribution is -2.29. The quantitative estimate of drug-likeness (QED) is 0.0288. The first kappa shape index (κ1) is 79.7. The van der Waals surface area contributed by atoms with Crippen molar-refractivity contribution in [3.05, 3.63) is 54.1 Å². The summed E-state index contributed by atoms with van der Waals surface area (Å²) in [5, 5.41) is 0. The average Bonchev–Trinajstić information content (AvgIpc) is 1.50. The summed E-state index contributed by atoms with van der Waals surface area (Å²) in [4.78, 5) is 0. The summed E-state index contributed by atoms with van der Waals surface area (Å²) in [5.74, 6) is -0.377. The Balaban J connectivity index is 1.18. The molecule has 0 fully saturated rings. The molecule has 0 bridgehead atoms. The average molecular weight is 1510 g/mol. The van der Waals surface area contributed by atoms with Crippen LogP contribution in [0.1, 0.15) is 435 Å². The van der Waals surface area contributed by atoms with E-state index in [1.165, 1.54) is 332 Å². The Kier molecular flexibility index (Phi) is 39.6. The van der Waals surface area contributed by atoms with Gasteiger partial charge < -0.3 is 0 Å². The summed E-state index contributed by atoms with van der Waals surface area (Å²) in [6, 6.07) is 4.58. The van der Waals surface area contributed by atoms with Crippen LogP contribution in [0.15, 0.2) is 16.6 Å². The summed E-state index contributed by atoms with van der Waals surface area (Å²) in [7, 11) is 0. The van der Waals surface area contributed by atoms with Crippen LogP contribution in [0.2, 0.25) is 0 Å². The van der Waals surface area contributed by atoms with E-state index in [4.69, 9.17) is 17.5 Å². The fourth-order valence-electron chi connectivity index (χ4n) is 17.2. The summed E-state index contributed by atoms with van der Waals surface area (Å²) < 4.78 is 61.9. The molecule has 0 radical (unpaired) electrons. The lowest BCUT2D eigenvalue weighted by molar-refractivity contribution is 0.374. The summed E-state index contributed by atoms with van der Waals surface area (Å²) >= 11 is 8.93. The predicted octanol–water partition coefficient (Wildman–Crippen LogP) is 31.4. The van der Waals surface area contributed by atoms with Crippen LogP contribution in [0.5, 0.6) is 0 Å². The number of nitrogens with zero attached hydrogens (tertiary/aromatic N) is 4. The van der Waals surface area contributed by atoms with Gasteiger partial charge >= 0.3 is 0 Å². The molecule has 7 rings (SSSR count). The molecule has 2 heterocycles. The molecule has 0 unspecified atom stereocenters. The molecule has 5 aromatic rings. The summed E-state index contributed by atoms with van der Waals surface area (Å²) in [6.45, 7) is 9.21. The van der Waals surface area contributed by atoms with Crippen LogP contribution in [-0.2, 0) is 10.8 Å². The van der Waals surface area contributed by atoms with Crippen molar-refractivity contribution in [2.24, 2.45) is 0 Å². The molecule has 0 saturated heterocycles. The largest absolute Gasteiger partial charge is 0.206 e. The Morgan fingerprint density at radius 3 is 0.777 bits per heavy atom. The van der Waals surface area contributed by atoms with E-state index < -0.39 is 10.8 Å². The highest BCUT2D eigenvalue weighted by molar-refractivity contribution is 14.1. The maximum Gasteiger partial charge on any atom is 0.136 e. The maximum absolute atomic E-state index is 20.0. The van der Waals surface area contributed by atoms with Crippen LogP contribution in [0.4, 0.5) is 8.78 Å². The zero-order valence-electron chi connectivity index (χ0n) is 60.7. The van der Waals surface area contributed by atoms with E-state index in [2.05, 4.69) is 78.3 Å². The molecule has 0 N–H and O–H groups in total. The lowest BCUT2D eigenvalue weighted by Gasteiger charge is -2.35. The van der Waals surface area contributed by atoms with Crippen LogP contribution < -0.4 is 0 Å². The van der Waals surface area contributed by atoms with Crippen molar-refractivity contribution in [1.29, 1.82) is 0 Å². The molecule has 0 atom stereocenters. The third-order valence-corrected chi connectivity index (χ3v) is 25.2. The highest BCUT2D eigenvalue weighted by Crippen LogP contribution is 2.65. The van der Waals surface area contributed by atoms with Crippen molar-refractivity contribution < 1.29 is 8.78 Å². The Bertz CT molecular complexity index is 2590. The summed E-state index contributed by atoms with van der Waals surface area (Å²) in [5.41, 5.74) is 7.80. The molecule has 4 nitrogen and oxygen atoms in total. The molecule has 2 aliphatic rings. The highest BCUT2D eigenvalue weighted by atomic mass is 127. The Morgan fingerprint density at radius 2 is 0.511 bits per heavy atom. The Labute approximate surface area is 605 Å². The third-order valence-electron chi connectivity index (χ3n) is 22.7. The topological polar surface area (TPSA) is 51.6 Å². The first-order valence-electron chi connectivity index (χ1n) is 40.8. The molecular formula is C84H134BrF2IN4S2. The van der Waals surface area contributed by atoms with Crippen molar-refractivity contribution in [3.63, 3.8) is 0 Å². The smallest absolute Gasteiger partial charge is 0.136 e. The van der Waals surface area contributed by atoms with Gasteiger partial charge in [-0.1, -0.05) is 387 Å². The van der Waals surface area contributed by atoms with E-state index in [0.717, 1.165) is 129 Å². The minimum absolute atomic E-state index is 0.189. The molecule has 3 aromatic carbocycles. The fourth-order valence-corrected chi connectivity index (χ4v) is 19.8. The second-order valence-corrected chi connectivity index (χ2v) is 33.2. The molecule has 2 aromatic heterocycles. The van der Waals surface area contributed by atoms with Gasteiger partial charge in [0.1, 0.15) is 33.7 Å². The van der Waals surface area contributed by atoms with Gasteiger partial charge in [-0.25, -0.2) is 8.78 Å². The molecule has 94 heavy (non-hydrogen) atoms. The van der Waals surface area contributed by atoms with Gasteiger partial charge in [-0.15, -0.1) is 0 Å². The summed E-state index contributed by atoms with van der Waals surface area (Å²) in [6.07, 6.45) is 75.6. The molecule has 0 saturated carbocycles. The lowest BCUT2D eigenvalue weighted by atomic mass is 9.68. The molecular weight excluding hydrogens is 1370 g/mol. The van der Waals surface area contributed by atoms with Crippen molar-refractivity contribution in [1.82, 2.24) is 17.5 Å². The van der Waals surface area contributed by atoms with Gasteiger partial charge in [-0.2, -0.15) is 17.5 Å². The van der Waals surface area contributed by atoms with E-state index in [-0.39, 0.29) is 11.6 Å². The van der Waals surface area contributed by atoms with Gasteiger partial charge in [-0.3, -0.25) is 0 Å². The van der Waals surface area contributed by atoms with Gasteiger partial charge in [0.15, 0.2) is 0 Å². The minimum atomic E-state index is -0.712. The number of rotatable bonds is 60. The van der Waals surface area contributed by atoms with Crippen LogP contribution in [-0.4, -0.2) is 17.5 Å². The van der Waals surface area contributed by atoms with Crippen molar-refractivity contribution in [2.75, 3.05) is 0 Å². The normalized spacial score (nSPS) is 13.7. The maximum atomic E-state index is 20.0. The van der Waals surface area contributed by atoms with Crippen LogP contribution >= 0.6 is 62.0 Å². The number of fused-ring (bicyclic) bond motifs is 10. The first-order chi connectivity index (χ1) is 46.3. The molecule has 530 valence electrons. The van der Waals surface area contributed by atoms with Crippen molar-refractivity contribution in [3.8, 4) is 22.3 Å². The second kappa shape index (κ2) is 46.7. The number of aromatic nitrogens is 4. The molecule has 2 aliphatic carbocycles. The fraction of sp³-hybridized carbons (Fsp3) is 0.786. The van der Waals surface area contributed by atoms with Crippen molar-refractivity contribution in [2.45, 2.75) is 424 Å². The zero-order valence-corrected chi connectivity index (χ0v) is 66.1. The van der Waals surface area contributed by atoms with E-state index in [9.17, 15) is 0 Å². The monoisotopic (exact) mass is 1510 g/mol. The van der Waals surface area contributed by atoms with Crippen LogP contribution in [0.3, 0.4) is 0 Å². The highest BCUT2D eigenvalue weighted by Gasteiger charge is 2.55. The SMILES string of the molecule is CCCCCCCCCCCCCCCCC1(CCCCCCCCCCCCCCCC)c2cc(Br)c3nsnc3c2-c2c(F)c3c(c(F)c21)-c1c(cc(I)c2nsnc12)C3(CCCCCCCCCCCCCCCC)CCCCCCCCCCCCCCCC. The number of unbranched alkanes of at least 4 members (excludes halogenated alkanes) is 52. The minimum Gasteiger partial charge on any atom is -0.206 e. The molecule has 10 heteroatoms. The third kappa shape index (κ3) is 23.7. The standard InChI is InChI=1S/C84H134BrF2IN4S2/c1-5-9-13-17-21-25-29-33-37-41-45-49-53-57-61-83(62-58-54-50-46-42-38-34-30-26-22-18-14-10-6-2)67-65-69(85)79-81(91-93-89-79)71(67)73-75(83)78(87)74-72-68(66-70(88)80-82(72)92-94-90-80)84(76(74)77(73)86,63-59-55-51-47-43-39-35-31-27-23-19-15-11-7-3)64-60-56-52-48-44-40-36-32-28-24-20-16-12-8-4/h65-66H,5-64H2,1-4H3. The molecule has 0 amide bonds. The number of hydrogen-bond acceptors (Lipinski definition) is 6. The van der Waals surface area contributed by atoms with E-state index in [1.54, 1.807) is 0 Å². The van der Waals surface area contributed by atoms with Crippen molar-refractivity contribution >= 4 is 84.0 Å². The first-order valence-corrected chi connectivity index (χ1v) is 44.1. The Morgan fingerprint density at radius 1 is 0.298 bits per heavy atom. The van der Waals surface area contributed by atoms with Gasteiger partial charge in [0.25, 0.3) is 0 Å². The molecule has 0 spiro atoms. The van der Waals surface area contributed by atoms with Crippen LogP contribution in [0, 0.1) is 15.2 Å².